The Morgan fingerprint density at radius 2 is 1.84 bits per heavy atom. The van der Waals surface area contributed by atoms with Crippen molar-refractivity contribution >= 4 is 34.5 Å². The van der Waals surface area contributed by atoms with Crippen LogP contribution in [0.4, 0.5) is 0 Å². The standard InChI is InChI=1S/C11H13IN2O5/c1-3-18-10(16)6(11(17)19-4-2)8-7(12)9(15)14-5-13-8/h5-6H,3-4H2,1-2H3,(H,13,14,15). The molecule has 0 aliphatic rings. The minimum Gasteiger partial charge on any atom is -0.465 e. The van der Waals surface area contributed by atoms with E-state index in [2.05, 4.69) is 9.97 Å². The highest BCUT2D eigenvalue weighted by atomic mass is 127. The molecule has 0 amide bonds. The van der Waals surface area contributed by atoms with E-state index in [0.29, 0.717) is 0 Å². The largest absolute Gasteiger partial charge is 0.465 e. The van der Waals surface area contributed by atoms with Crippen molar-refractivity contribution in [3.8, 4) is 0 Å². The van der Waals surface area contributed by atoms with E-state index in [1.54, 1.807) is 36.4 Å². The molecule has 1 aromatic rings. The Bertz CT molecular complexity index is 510. The summed E-state index contributed by atoms with van der Waals surface area (Å²) in [5.41, 5.74) is -0.384. The summed E-state index contributed by atoms with van der Waals surface area (Å²) < 4.78 is 9.81. The Morgan fingerprint density at radius 3 is 2.32 bits per heavy atom. The minimum atomic E-state index is -1.34. The van der Waals surface area contributed by atoms with Gasteiger partial charge in [-0.3, -0.25) is 14.4 Å². The van der Waals surface area contributed by atoms with E-state index in [9.17, 15) is 14.4 Å². The second-order valence-corrected chi connectivity index (χ2v) is 4.45. The van der Waals surface area contributed by atoms with Gasteiger partial charge >= 0.3 is 11.9 Å². The van der Waals surface area contributed by atoms with E-state index in [0.717, 1.165) is 6.33 Å². The van der Waals surface area contributed by atoms with Crippen molar-refractivity contribution in [2.24, 2.45) is 0 Å². The average molecular weight is 380 g/mol. The van der Waals surface area contributed by atoms with Gasteiger partial charge in [0.2, 0.25) is 0 Å². The van der Waals surface area contributed by atoms with Crippen LogP contribution >= 0.6 is 22.6 Å². The van der Waals surface area contributed by atoms with Gasteiger partial charge in [0, 0.05) is 0 Å². The molecule has 1 rings (SSSR count). The number of halogens is 1. The van der Waals surface area contributed by atoms with Crippen LogP contribution in [0.15, 0.2) is 11.1 Å². The lowest BCUT2D eigenvalue weighted by Gasteiger charge is -2.14. The number of ether oxygens (including phenoxy) is 2. The van der Waals surface area contributed by atoms with Crippen LogP contribution in [-0.4, -0.2) is 35.1 Å². The van der Waals surface area contributed by atoms with Crippen LogP contribution in [0.5, 0.6) is 0 Å². The summed E-state index contributed by atoms with van der Waals surface area (Å²) >= 11 is 1.72. The summed E-state index contributed by atoms with van der Waals surface area (Å²) in [5, 5.41) is 0. The molecule has 0 saturated heterocycles. The minimum absolute atomic E-state index is 0.0428. The maximum atomic E-state index is 11.8. The number of carbonyl (C=O) groups excluding carboxylic acids is 2. The summed E-state index contributed by atoms with van der Waals surface area (Å²) in [6.07, 6.45) is 1.13. The molecule has 0 radical (unpaired) electrons. The van der Waals surface area contributed by atoms with Gasteiger partial charge in [-0.2, -0.15) is 0 Å². The van der Waals surface area contributed by atoms with Crippen LogP contribution in [0, 0.1) is 3.57 Å². The first-order valence-corrected chi connectivity index (χ1v) is 6.67. The van der Waals surface area contributed by atoms with Gasteiger partial charge in [0.05, 0.1) is 25.2 Å². The average Bonchev–Trinajstić information content (AvgIpc) is 2.35. The number of rotatable bonds is 5. The molecule has 0 spiro atoms. The fourth-order valence-electron chi connectivity index (χ4n) is 1.37. The topological polar surface area (TPSA) is 98.3 Å². The van der Waals surface area contributed by atoms with Gasteiger partial charge < -0.3 is 14.5 Å². The van der Waals surface area contributed by atoms with E-state index in [1.807, 2.05) is 0 Å². The molecular formula is C11H13IN2O5. The molecule has 1 N–H and O–H groups in total. The van der Waals surface area contributed by atoms with Gasteiger partial charge in [0.25, 0.3) is 5.56 Å². The lowest BCUT2D eigenvalue weighted by Crippen LogP contribution is -2.30. The first-order valence-electron chi connectivity index (χ1n) is 5.59. The number of hydrogen-bond acceptors (Lipinski definition) is 6. The number of H-pyrrole nitrogens is 1. The summed E-state index contributed by atoms with van der Waals surface area (Å²) in [7, 11) is 0. The Balaban J connectivity index is 3.23. The number of aromatic nitrogens is 2. The third kappa shape index (κ3) is 3.75. The molecule has 19 heavy (non-hydrogen) atoms. The van der Waals surface area contributed by atoms with E-state index >= 15 is 0 Å². The third-order valence-corrected chi connectivity index (χ3v) is 3.18. The van der Waals surface area contributed by atoms with Gasteiger partial charge in [0.1, 0.15) is 3.57 Å². The molecule has 0 aliphatic heterocycles. The van der Waals surface area contributed by atoms with Crippen molar-refractivity contribution in [3.05, 3.63) is 25.9 Å². The zero-order chi connectivity index (χ0) is 14.4. The Kier molecular flexibility index (Phi) is 5.93. The predicted molar refractivity (Wildman–Crippen MR) is 73.6 cm³/mol. The van der Waals surface area contributed by atoms with Crippen molar-refractivity contribution < 1.29 is 19.1 Å². The smallest absolute Gasteiger partial charge is 0.326 e. The lowest BCUT2D eigenvalue weighted by molar-refractivity contribution is -0.157. The molecule has 1 aromatic heterocycles. The molecule has 0 atom stereocenters. The first-order chi connectivity index (χ1) is 9.02. The first kappa shape index (κ1) is 15.6. The van der Waals surface area contributed by atoms with Gasteiger partial charge in [0.15, 0.2) is 5.92 Å². The zero-order valence-corrected chi connectivity index (χ0v) is 12.6. The quantitative estimate of drug-likeness (QED) is 0.456. The molecule has 0 fully saturated rings. The SMILES string of the molecule is CCOC(=O)C(C(=O)OCC)c1nc[nH]c(=O)c1I. The molecule has 104 valence electrons. The van der Waals surface area contributed by atoms with E-state index in [4.69, 9.17) is 9.47 Å². The molecule has 8 heteroatoms. The van der Waals surface area contributed by atoms with Crippen molar-refractivity contribution in [1.29, 1.82) is 0 Å². The van der Waals surface area contributed by atoms with E-state index in [1.165, 1.54) is 0 Å². The number of aromatic amines is 1. The van der Waals surface area contributed by atoms with Crippen LogP contribution in [-0.2, 0) is 19.1 Å². The maximum Gasteiger partial charge on any atom is 0.326 e. The summed E-state index contributed by atoms with van der Waals surface area (Å²) in [6, 6.07) is 0. The molecule has 0 bridgehead atoms. The molecule has 0 aliphatic carbocycles. The van der Waals surface area contributed by atoms with Crippen molar-refractivity contribution in [1.82, 2.24) is 9.97 Å². The van der Waals surface area contributed by atoms with Crippen LogP contribution in [0.3, 0.4) is 0 Å². The van der Waals surface area contributed by atoms with Gasteiger partial charge in [-0.1, -0.05) is 0 Å². The Labute approximate surface area is 122 Å². The van der Waals surface area contributed by atoms with Crippen molar-refractivity contribution in [2.75, 3.05) is 13.2 Å². The summed E-state index contributed by atoms with van der Waals surface area (Å²) in [6.45, 7) is 3.48. The zero-order valence-electron chi connectivity index (χ0n) is 10.4. The third-order valence-electron chi connectivity index (χ3n) is 2.14. The van der Waals surface area contributed by atoms with Crippen molar-refractivity contribution in [3.63, 3.8) is 0 Å². The van der Waals surface area contributed by atoms with E-state index in [-0.39, 0.29) is 22.5 Å². The van der Waals surface area contributed by atoms with Crippen molar-refractivity contribution in [2.45, 2.75) is 19.8 Å². The van der Waals surface area contributed by atoms with Crippen LogP contribution in [0.1, 0.15) is 25.5 Å². The highest BCUT2D eigenvalue weighted by molar-refractivity contribution is 14.1. The molecule has 0 unspecified atom stereocenters. The maximum absolute atomic E-state index is 11.8. The number of nitrogens with zero attached hydrogens (tertiary/aromatic N) is 1. The highest BCUT2D eigenvalue weighted by Crippen LogP contribution is 2.20. The molecule has 1 heterocycles. The second kappa shape index (κ2) is 7.22. The lowest BCUT2D eigenvalue weighted by atomic mass is 10.1. The number of carbonyl (C=O) groups is 2. The molecule has 7 nitrogen and oxygen atoms in total. The predicted octanol–water partition coefficient (Wildman–Crippen LogP) is 0.584. The number of esters is 2. The number of hydrogen-bond donors (Lipinski definition) is 1. The summed E-state index contributed by atoms with van der Waals surface area (Å²) in [4.78, 5) is 41.4. The Hall–Kier alpha value is -1.45. The Morgan fingerprint density at radius 1 is 1.32 bits per heavy atom. The highest BCUT2D eigenvalue weighted by Gasteiger charge is 2.35. The fraction of sp³-hybridized carbons (Fsp3) is 0.455. The van der Waals surface area contributed by atoms with Crippen LogP contribution < -0.4 is 5.56 Å². The van der Waals surface area contributed by atoms with E-state index < -0.39 is 23.4 Å². The van der Waals surface area contributed by atoms with Crippen LogP contribution in [0.2, 0.25) is 0 Å². The molecule has 0 saturated carbocycles. The fourth-order valence-corrected chi connectivity index (χ4v) is 1.98. The second-order valence-electron chi connectivity index (χ2n) is 3.37. The van der Waals surface area contributed by atoms with Gasteiger partial charge in [-0.25, -0.2) is 4.98 Å². The van der Waals surface area contributed by atoms with Gasteiger partial charge in [-0.15, -0.1) is 0 Å². The monoisotopic (exact) mass is 380 g/mol. The van der Waals surface area contributed by atoms with Gasteiger partial charge in [-0.05, 0) is 36.4 Å². The molecule has 0 aromatic carbocycles. The van der Waals surface area contributed by atoms with Crippen LogP contribution in [0.25, 0.3) is 0 Å². The summed E-state index contributed by atoms with van der Waals surface area (Å²) in [5.74, 6) is -2.90. The normalized spacial score (nSPS) is 10.3. The number of nitrogens with one attached hydrogen (secondary N) is 1. The molecular weight excluding hydrogens is 367 g/mol.